The first-order chi connectivity index (χ1) is 4.83. The fourth-order valence-corrected chi connectivity index (χ4v) is 1.33. The van der Waals surface area contributed by atoms with Crippen LogP contribution in [0.4, 0.5) is 0 Å². The Morgan fingerprint density at radius 3 is 3.10 bits per heavy atom. The van der Waals surface area contributed by atoms with Crippen molar-refractivity contribution in [2.75, 3.05) is 5.75 Å². The average Bonchev–Trinajstić information content (AvgIpc) is 2.31. The highest BCUT2D eigenvalue weighted by atomic mass is 32.2. The van der Waals surface area contributed by atoms with E-state index in [1.807, 2.05) is 19.1 Å². The smallest absolute Gasteiger partial charge is 0.104 e. The molecule has 0 amide bonds. The van der Waals surface area contributed by atoms with Crippen LogP contribution in [0.5, 0.6) is 0 Å². The molecule has 1 nitrogen and oxygen atoms in total. The Labute approximate surface area is 65.1 Å². The minimum atomic E-state index is 0.943. The van der Waals surface area contributed by atoms with Crippen LogP contribution in [0, 0.1) is 6.92 Å². The van der Waals surface area contributed by atoms with Gasteiger partial charge < -0.3 is 4.42 Å². The normalized spacial score (nSPS) is 9.70. The third-order valence-corrected chi connectivity index (χ3v) is 2.02. The van der Waals surface area contributed by atoms with Crippen LogP contribution in [0.25, 0.3) is 0 Å². The number of hydrogen-bond acceptors (Lipinski definition) is 2. The lowest BCUT2D eigenvalue weighted by molar-refractivity contribution is 0.530. The largest absolute Gasteiger partial charge is 0.468 e. The van der Waals surface area contributed by atoms with Crippen molar-refractivity contribution >= 4 is 11.8 Å². The van der Waals surface area contributed by atoms with Crippen molar-refractivity contribution in [3.8, 4) is 0 Å². The molecule has 2 heteroatoms. The summed E-state index contributed by atoms with van der Waals surface area (Å²) in [6.07, 6.45) is 3.65. The van der Waals surface area contributed by atoms with Gasteiger partial charge >= 0.3 is 0 Å². The topological polar surface area (TPSA) is 13.1 Å². The molecule has 0 aliphatic carbocycles. The van der Waals surface area contributed by atoms with Crippen molar-refractivity contribution in [2.24, 2.45) is 0 Å². The molecule has 0 N–H and O–H groups in total. The molecular formula is C8H10OS. The van der Waals surface area contributed by atoms with Gasteiger partial charge in [-0.3, -0.25) is 0 Å². The number of aryl methyl sites for hydroxylation is 1. The molecule has 0 aromatic carbocycles. The molecular weight excluding hydrogens is 144 g/mol. The van der Waals surface area contributed by atoms with Gasteiger partial charge in [0.05, 0.1) is 0 Å². The minimum absolute atomic E-state index is 0.943. The van der Waals surface area contributed by atoms with E-state index in [-0.39, 0.29) is 0 Å². The number of rotatable bonds is 3. The lowest BCUT2D eigenvalue weighted by atomic mass is 10.5. The van der Waals surface area contributed by atoms with E-state index in [0.29, 0.717) is 0 Å². The van der Waals surface area contributed by atoms with Crippen LogP contribution in [-0.2, 0) is 0 Å². The van der Waals surface area contributed by atoms with Crippen molar-refractivity contribution in [3.05, 3.63) is 30.7 Å². The predicted octanol–water partition coefficient (Wildman–Crippen LogP) is 2.87. The van der Waals surface area contributed by atoms with Crippen LogP contribution in [0.15, 0.2) is 34.3 Å². The number of hydrogen-bond donors (Lipinski definition) is 0. The Kier molecular flexibility index (Phi) is 2.63. The van der Waals surface area contributed by atoms with E-state index in [2.05, 4.69) is 6.58 Å². The van der Waals surface area contributed by atoms with Gasteiger partial charge in [0.1, 0.15) is 12.0 Å². The van der Waals surface area contributed by atoms with E-state index < -0.39 is 0 Å². The highest BCUT2D eigenvalue weighted by Gasteiger charge is 1.94. The van der Waals surface area contributed by atoms with Crippen molar-refractivity contribution < 1.29 is 4.42 Å². The van der Waals surface area contributed by atoms with Crippen LogP contribution >= 0.6 is 11.8 Å². The Bertz CT molecular complexity index is 215. The summed E-state index contributed by atoms with van der Waals surface area (Å²) in [5.41, 5.74) is 0. The molecule has 0 aliphatic rings. The first-order valence-corrected chi connectivity index (χ1v) is 4.10. The first-order valence-electron chi connectivity index (χ1n) is 3.12. The van der Waals surface area contributed by atoms with Crippen LogP contribution in [0.3, 0.4) is 0 Å². The van der Waals surface area contributed by atoms with Gasteiger partial charge in [-0.25, -0.2) is 0 Å². The van der Waals surface area contributed by atoms with Gasteiger partial charge in [-0.05, 0) is 13.0 Å². The molecule has 0 spiro atoms. The fourth-order valence-electron chi connectivity index (χ4n) is 0.650. The quantitative estimate of drug-likeness (QED) is 0.490. The molecule has 54 valence electrons. The predicted molar refractivity (Wildman–Crippen MR) is 44.4 cm³/mol. The molecule has 10 heavy (non-hydrogen) atoms. The molecule has 1 aromatic heterocycles. The highest BCUT2D eigenvalue weighted by molar-refractivity contribution is 7.99. The summed E-state index contributed by atoms with van der Waals surface area (Å²) in [4.78, 5) is 1.18. The molecule has 0 unspecified atom stereocenters. The monoisotopic (exact) mass is 154 g/mol. The summed E-state index contributed by atoms with van der Waals surface area (Å²) in [5, 5.41) is 0. The molecule has 1 heterocycles. The van der Waals surface area contributed by atoms with Gasteiger partial charge in [0.15, 0.2) is 0 Å². The molecule has 0 aliphatic heterocycles. The lowest BCUT2D eigenvalue weighted by Crippen LogP contribution is -1.65. The Morgan fingerprint density at radius 2 is 2.60 bits per heavy atom. The van der Waals surface area contributed by atoms with Crippen LogP contribution in [0.1, 0.15) is 5.76 Å². The van der Waals surface area contributed by atoms with Crippen molar-refractivity contribution in [1.82, 2.24) is 0 Å². The van der Waals surface area contributed by atoms with Crippen molar-refractivity contribution in [1.29, 1.82) is 0 Å². The Balaban J connectivity index is 2.49. The van der Waals surface area contributed by atoms with Crippen LogP contribution in [0.2, 0.25) is 0 Å². The molecule has 1 aromatic rings. The van der Waals surface area contributed by atoms with E-state index in [4.69, 9.17) is 4.42 Å². The van der Waals surface area contributed by atoms with E-state index in [1.54, 1.807) is 18.0 Å². The van der Waals surface area contributed by atoms with E-state index in [0.717, 1.165) is 11.5 Å². The number of furan rings is 1. The third kappa shape index (κ3) is 1.95. The van der Waals surface area contributed by atoms with Crippen LogP contribution in [-0.4, -0.2) is 5.75 Å². The average molecular weight is 154 g/mol. The van der Waals surface area contributed by atoms with Gasteiger partial charge in [-0.1, -0.05) is 6.08 Å². The van der Waals surface area contributed by atoms with Crippen molar-refractivity contribution in [3.63, 3.8) is 0 Å². The summed E-state index contributed by atoms with van der Waals surface area (Å²) >= 11 is 1.73. The zero-order valence-electron chi connectivity index (χ0n) is 5.96. The molecule has 0 saturated heterocycles. The molecule has 0 bridgehead atoms. The van der Waals surface area contributed by atoms with Gasteiger partial charge in [-0.2, -0.15) is 0 Å². The van der Waals surface area contributed by atoms with Crippen LogP contribution < -0.4 is 0 Å². The Hall–Kier alpha value is -0.630. The molecule has 0 radical (unpaired) electrons. The summed E-state index contributed by atoms with van der Waals surface area (Å²) in [5.74, 6) is 1.91. The molecule has 0 fully saturated rings. The summed E-state index contributed by atoms with van der Waals surface area (Å²) < 4.78 is 5.11. The standard InChI is InChI=1S/C8H10OS/c1-3-4-10-8-5-7(2)9-6-8/h3,5-6H,1,4H2,2H3. The maximum absolute atomic E-state index is 5.11. The second-order valence-corrected chi connectivity index (χ2v) is 3.09. The van der Waals surface area contributed by atoms with Gasteiger partial charge in [0, 0.05) is 10.6 Å². The molecule has 0 atom stereocenters. The molecule has 1 rings (SSSR count). The number of thioether (sulfide) groups is 1. The van der Waals surface area contributed by atoms with Gasteiger partial charge in [-0.15, -0.1) is 18.3 Å². The van der Waals surface area contributed by atoms with E-state index in [1.165, 1.54) is 4.90 Å². The van der Waals surface area contributed by atoms with E-state index in [9.17, 15) is 0 Å². The zero-order chi connectivity index (χ0) is 7.40. The minimum Gasteiger partial charge on any atom is -0.468 e. The SMILES string of the molecule is C=CCSc1coc(C)c1. The van der Waals surface area contributed by atoms with E-state index >= 15 is 0 Å². The maximum atomic E-state index is 5.11. The summed E-state index contributed by atoms with van der Waals surface area (Å²) in [6.45, 7) is 5.57. The first kappa shape index (κ1) is 7.48. The Morgan fingerprint density at radius 1 is 1.80 bits per heavy atom. The molecule has 0 saturated carbocycles. The summed E-state index contributed by atoms with van der Waals surface area (Å²) in [6, 6.07) is 2.02. The highest BCUT2D eigenvalue weighted by Crippen LogP contribution is 2.19. The maximum Gasteiger partial charge on any atom is 0.104 e. The van der Waals surface area contributed by atoms with Gasteiger partial charge in [0.25, 0.3) is 0 Å². The van der Waals surface area contributed by atoms with Gasteiger partial charge in [0.2, 0.25) is 0 Å². The fraction of sp³-hybridized carbons (Fsp3) is 0.250. The summed E-state index contributed by atoms with van der Waals surface area (Å²) in [7, 11) is 0. The van der Waals surface area contributed by atoms with Crippen molar-refractivity contribution in [2.45, 2.75) is 11.8 Å². The third-order valence-electron chi connectivity index (χ3n) is 1.07. The zero-order valence-corrected chi connectivity index (χ0v) is 6.78. The second-order valence-electron chi connectivity index (χ2n) is 1.99. The lowest BCUT2D eigenvalue weighted by Gasteiger charge is -1.86. The second kappa shape index (κ2) is 3.52.